The molecule has 1 fully saturated rings. The van der Waals surface area contributed by atoms with Gasteiger partial charge in [0.05, 0.1) is 13.0 Å². The number of aromatic amines is 1. The summed E-state index contributed by atoms with van der Waals surface area (Å²) < 4.78 is 0. The van der Waals surface area contributed by atoms with Crippen LogP contribution in [0.15, 0.2) is 30.5 Å². The number of benzene rings is 1. The predicted molar refractivity (Wildman–Crippen MR) is 123 cm³/mol. The number of aromatic nitrogens is 1. The Balaban J connectivity index is 1.39. The van der Waals surface area contributed by atoms with Crippen molar-refractivity contribution in [3.8, 4) is 0 Å². The first-order chi connectivity index (χ1) is 15.5. The minimum Gasteiger partial charge on any atom is -0.481 e. The van der Waals surface area contributed by atoms with Gasteiger partial charge in [0.2, 0.25) is 11.8 Å². The van der Waals surface area contributed by atoms with Gasteiger partial charge >= 0.3 is 5.97 Å². The van der Waals surface area contributed by atoms with E-state index in [2.05, 4.69) is 20.9 Å². The normalized spacial score (nSPS) is 15.4. The number of hydrogen-bond acceptors (Lipinski definition) is 4. The number of carbonyl (C=O) groups excluding carboxylic acids is 2. The molecule has 1 aliphatic heterocycles. The maximum Gasteiger partial charge on any atom is 0.305 e. The number of carboxylic acids is 1. The Hall–Kier alpha value is -2.87. The van der Waals surface area contributed by atoms with E-state index in [1.807, 2.05) is 30.5 Å². The lowest BCUT2D eigenvalue weighted by atomic mass is 9.92. The molecule has 5 N–H and O–H groups in total. The summed E-state index contributed by atoms with van der Waals surface area (Å²) in [6, 6.07) is 7.44. The Morgan fingerprint density at radius 1 is 1.12 bits per heavy atom. The Bertz CT molecular complexity index is 904. The van der Waals surface area contributed by atoms with Crippen LogP contribution in [0.1, 0.15) is 50.5 Å². The van der Waals surface area contributed by atoms with E-state index in [4.69, 9.17) is 0 Å². The highest BCUT2D eigenvalue weighted by Crippen LogP contribution is 2.20. The number of carbonyl (C=O) groups is 3. The smallest absolute Gasteiger partial charge is 0.305 e. The third-order valence-electron chi connectivity index (χ3n) is 6.14. The minimum absolute atomic E-state index is 0.130. The summed E-state index contributed by atoms with van der Waals surface area (Å²) in [6.45, 7) is 1.97. The summed E-state index contributed by atoms with van der Waals surface area (Å²) in [5.74, 6) is -0.776. The van der Waals surface area contributed by atoms with Gasteiger partial charge in [0.1, 0.15) is 0 Å². The first-order valence-electron chi connectivity index (χ1n) is 11.5. The lowest BCUT2D eigenvalue weighted by Crippen LogP contribution is -2.43. The molecular formula is C24H34N4O4. The van der Waals surface area contributed by atoms with Crippen LogP contribution in [0.25, 0.3) is 10.9 Å². The Kier molecular flexibility index (Phi) is 9.10. The van der Waals surface area contributed by atoms with Crippen LogP contribution in [0.4, 0.5) is 0 Å². The molecule has 1 aromatic heterocycles. The molecular weight excluding hydrogens is 408 g/mol. The van der Waals surface area contributed by atoms with E-state index < -0.39 is 12.0 Å². The van der Waals surface area contributed by atoms with Crippen molar-refractivity contribution in [3.05, 3.63) is 36.0 Å². The van der Waals surface area contributed by atoms with Crippen LogP contribution in [-0.2, 0) is 20.8 Å². The van der Waals surface area contributed by atoms with E-state index in [9.17, 15) is 19.5 Å². The van der Waals surface area contributed by atoms with Gasteiger partial charge in [-0.2, -0.15) is 0 Å². The van der Waals surface area contributed by atoms with Gasteiger partial charge in [0, 0.05) is 29.6 Å². The summed E-state index contributed by atoms with van der Waals surface area (Å²) in [4.78, 5) is 38.8. The van der Waals surface area contributed by atoms with Gasteiger partial charge in [-0.05, 0) is 69.2 Å². The topological polar surface area (TPSA) is 123 Å². The highest BCUT2D eigenvalue weighted by molar-refractivity contribution is 5.85. The average Bonchev–Trinajstić information content (AvgIpc) is 3.19. The Morgan fingerprint density at radius 3 is 2.69 bits per heavy atom. The zero-order chi connectivity index (χ0) is 22.8. The predicted octanol–water partition coefficient (Wildman–Crippen LogP) is 2.35. The van der Waals surface area contributed by atoms with E-state index in [0.717, 1.165) is 55.2 Å². The number of rotatable bonds is 12. The first-order valence-corrected chi connectivity index (χ1v) is 11.5. The summed E-state index contributed by atoms with van der Waals surface area (Å²) in [7, 11) is 0. The number of aliphatic carboxylic acids is 1. The molecule has 8 heteroatoms. The van der Waals surface area contributed by atoms with Gasteiger partial charge in [0.25, 0.3) is 0 Å². The quantitative estimate of drug-likeness (QED) is 0.345. The highest BCUT2D eigenvalue weighted by Gasteiger charge is 2.18. The van der Waals surface area contributed by atoms with Gasteiger partial charge in [0.15, 0.2) is 0 Å². The van der Waals surface area contributed by atoms with Crippen LogP contribution in [-0.4, -0.2) is 53.6 Å². The highest BCUT2D eigenvalue weighted by atomic mass is 16.4. The molecule has 8 nitrogen and oxygen atoms in total. The zero-order valence-electron chi connectivity index (χ0n) is 18.5. The van der Waals surface area contributed by atoms with Crippen LogP contribution in [0.2, 0.25) is 0 Å². The fraction of sp³-hybridized carbons (Fsp3) is 0.542. The number of piperidine rings is 1. The molecule has 0 spiro atoms. The number of carboxylic acid groups (broad SMARTS) is 1. The Morgan fingerprint density at radius 2 is 1.91 bits per heavy atom. The monoisotopic (exact) mass is 442 g/mol. The SMILES string of the molecule is O=C(O)CC(CCc1c[nH]c2ccccc12)NC(=O)CNC(=O)CCCC1CCNCC1. The van der Waals surface area contributed by atoms with Crippen LogP contribution >= 0.6 is 0 Å². The molecule has 0 bridgehead atoms. The average molecular weight is 443 g/mol. The zero-order valence-corrected chi connectivity index (χ0v) is 18.5. The molecule has 0 aliphatic carbocycles. The van der Waals surface area contributed by atoms with Gasteiger partial charge in [-0.15, -0.1) is 0 Å². The molecule has 3 rings (SSSR count). The molecule has 1 saturated heterocycles. The number of fused-ring (bicyclic) bond motifs is 1. The third kappa shape index (κ3) is 7.67. The van der Waals surface area contributed by atoms with Crippen molar-refractivity contribution in [2.45, 2.75) is 57.4 Å². The number of para-hydroxylation sites is 1. The Labute approximate surface area is 188 Å². The summed E-state index contributed by atoms with van der Waals surface area (Å²) in [5, 5.41) is 19.1. The van der Waals surface area contributed by atoms with Crippen LogP contribution in [0.5, 0.6) is 0 Å². The summed E-state index contributed by atoms with van der Waals surface area (Å²) in [6.07, 6.45) is 7.51. The fourth-order valence-electron chi connectivity index (χ4n) is 4.37. The third-order valence-corrected chi connectivity index (χ3v) is 6.14. The largest absolute Gasteiger partial charge is 0.481 e. The van der Waals surface area contributed by atoms with Gasteiger partial charge in [-0.25, -0.2) is 0 Å². The lowest BCUT2D eigenvalue weighted by molar-refractivity contribution is -0.138. The van der Waals surface area contributed by atoms with E-state index in [0.29, 0.717) is 25.2 Å². The molecule has 0 radical (unpaired) electrons. The van der Waals surface area contributed by atoms with Crippen molar-refractivity contribution < 1.29 is 19.5 Å². The first kappa shape index (κ1) is 23.8. The van der Waals surface area contributed by atoms with Crippen molar-refractivity contribution in [2.75, 3.05) is 19.6 Å². The number of aryl methyl sites for hydroxylation is 1. The molecule has 174 valence electrons. The number of nitrogens with one attached hydrogen (secondary N) is 4. The van der Waals surface area contributed by atoms with E-state index in [1.165, 1.54) is 0 Å². The second kappa shape index (κ2) is 12.2. The molecule has 32 heavy (non-hydrogen) atoms. The molecule has 0 saturated carbocycles. The van der Waals surface area contributed by atoms with E-state index in [1.54, 1.807) is 0 Å². The number of amides is 2. The van der Waals surface area contributed by atoms with Gasteiger partial charge in [-0.1, -0.05) is 18.2 Å². The summed E-state index contributed by atoms with van der Waals surface area (Å²) >= 11 is 0. The van der Waals surface area contributed by atoms with Crippen LogP contribution < -0.4 is 16.0 Å². The number of hydrogen-bond donors (Lipinski definition) is 5. The molecule has 1 unspecified atom stereocenters. The van der Waals surface area contributed by atoms with Crippen molar-refractivity contribution in [1.29, 1.82) is 0 Å². The second-order valence-electron chi connectivity index (χ2n) is 8.62. The molecule has 1 aliphatic rings. The lowest BCUT2D eigenvalue weighted by Gasteiger charge is -2.22. The van der Waals surface area contributed by atoms with Crippen LogP contribution in [0.3, 0.4) is 0 Å². The van der Waals surface area contributed by atoms with E-state index in [-0.39, 0.29) is 24.8 Å². The molecule has 2 aromatic rings. The van der Waals surface area contributed by atoms with Crippen molar-refractivity contribution in [3.63, 3.8) is 0 Å². The minimum atomic E-state index is -0.962. The van der Waals surface area contributed by atoms with Crippen molar-refractivity contribution >= 4 is 28.7 Å². The van der Waals surface area contributed by atoms with E-state index >= 15 is 0 Å². The number of H-pyrrole nitrogens is 1. The molecule has 2 heterocycles. The maximum atomic E-state index is 12.3. The maximum absolute atomic E-state index is 12.3. The molecule has 2 amide bonds. The summed E-state index contributed by atoms with van der Waals surface area (Å²) in [5.41, 5.74) is 2.12. The van der Waals surface area contributed by atoms with Crippen molar-refractivity contribution in [2.24, 2.45) is 5.92 Å². The van der Waals surface area contributed by atoms with Crippen molar-refractivity contribution in [1.82, 2.24) is 20.9 Å². The molecule has 1 atom stereocenters. The van der Waals surface area contributed by atoms with Gasteiger partial charge in [-0.3, -0.25) is 14.4 Å². The van der Waals surface area contributed by atoms with Gasteiger partial charge < -0.3 is 26.0 Å². The standard InChI is InChI=1S/C24H34N4O4/c29-22(7-3-4-17-10-12-25-13-11-17)27-16-23(30)28-19(14-24(31)32)9-8-18-15-26-21-6-2-1-5-20(18)21/h1-2,5-6,15,17,19,25-26H,3-4,7-14,16H2,(H,27,29)(H,28,30)(H,31,32). The molecule has 1 aromatic carbocycles. The second-order valence-corrected chi connectivity index (χ2v) is 8.62. The van der Waals surface area contributed by atoms with Crippen LogP contribution in [0, 0.1) is 5.92 Å². The fourth-order valence-corrected chi connectivity index (χ4v) is 4.37.